The molecule has 18 heavy (non-hydrogen) atoms. The van der Waals surface area contributed by atoms with Gasteiger partial charge in [-0.2, -0.15) is 0 Å². The minimum absolute atomic E-state index is 0.139. The zero-order chi connectivity index (χ0) is 13.7. The van der Waals surface area contributed by atoms with Gasteiger partial charge in [0.25, 0.3) is 0 Å². The lowest BCUT2D eigenvalue weighted by atomic mass is 10.1. The van der Waals surface area contributed by atoms with Crippen LogP contribution in [0.2, 0.25) is 0 Å². The number of benzene rings is 1. The summed E-state index contributed by atoms with van der Waals surface area (Å²) in [6.07, 6.45) is -0.117. The van der Waals surface area contributed by atoms with Crippen molar-refractivity contribution in [3.05, 3.63) is 33.9 Å². The third kappa shape index (κ3) is 3.42. The molecule has 1 atom stereocenters. The molecule has 0 fully saturated rings. The van der Waals surface area contributed by atoms with Gasteiger partial charge >= 0.3 is 11.7 Å². The van der Waals surface area contributed by atoms with Gasteiger partial charge in [0, 0.05) is 6.54 Å². The van der Waals surface area contributed by atoms with Crippen molar-refractivity contribution in [3.8, 4) is 0 Å². The molecule has 7 nitrogen and oxygen atoms in total. The topological polar surface area (TPSA) is 113 Å². The summed E-state index contributed by atoms with van der Waals surface area (Å²) < 4.78 is 0. The number of nitro benzene ring substituents is 1. The van der Waals surface area contributed by atoms with Crippen LogP contribution in [0.3, 0.4) is 0 Å². The van der Waals surface area contributed by atoms with E-state index in [1.807, 2.05) is 0 Å². The molecule has 0 spiro atoms. The van der Waals surface area contributed by atoms with Crippen molar-refractivity contribution in [1.29, 1.82) is 0 Å². The molecule has 0 aliphatic heterocycles. The zero-order valence-electron chi connectivity index (χ0n) is 9.79. The second-order valence-corrected chi connectivity index (χ2v) is 3.83. The lowest BCUT2D eigenvalue weighted by Gasteiger charge is -2.09. The van der Waals surface area contributed by atoms with E-state index in [1.165, 1.54) is 18.2 Å². The van der Waals surface area contributed by atoms with Crippen LogP contribution in [0.1, 0.15) is 23.7 Å². The molecule has 0 saturated heterocycles. The molecule has 1 unspecified atom stereocenters. The third-order valence-electron chi connectivity index (χ3n) is 2.33. The maximum absolute atomic E-state index is 10.9. The Labute approximate surface area is 103 Å². The highest BCUT2D eigenvalue weighted by Gasteiger charge is 2.23. The van der Waals surface area contributed by atoms with Gasteiger partial charge in [-0.15, -0.1) is 0 Å². The van der Waals surface area contributed by atoms with Crippen LogP contribution in [-0.4, -0.2) is 33.8 Å². The molecule has 0 aromatic heterocycles. The van der Waals surface area contributed by atoms with Gasteiger partial charge in [0.05, 0.1) is 11.0 Å². The number of nitrogens with one attached hydrogen (secondary N) is 1. The van der Waals surface area contributed by atoms with E-state index >= 15 is 0 Å². The SMILES string of the molecule is CC(O)CCNc1cccc(C(=O)O)c1[N+](=O)[O-]. The van der Waals surface area contributed by atoms with Crippen molar-refractivity contribution in [2.75, 3.05) is 11.9 Å². The molecule has 1 aromatic rings. The second kappa shape index (κ2) is 5.97. The summed E-state index contributed by atoms with van der Waals surface area (Å²) in [7, 11) is 0. The highest BCUT2D eigenvalue weighted by atomic mass is 16.6. The van der Waals surface area contributed by atoms with Gasteiger partial charge in [-0.3, -0.25) is 10.1 Å². The number of carboxylic acids is 1. The van der Waals surface area contributed by atoms with Gasteiger partial charge in [0.2, 0.25) is 0 Å². The lowest BCUT2D eigenvalue weighted by molar-refractivity contribution is -0.384. The average Bonchev–Trinajstić information content (AvgIpc) is 2.27. The van der Waals surface area contributed by atoms with E-state index in [1.54, 1.807) is 6.92 Å². The van der Waals surface area contributed by atoms with E-state index in [0.717, 1.165) is 0 Å². The fourth-order valence-electron chi connectivity index (χ4n) is 1.47. The molecule has 0 bridgehead atoms. The molecule has 98 valence electrons. The normalized spacial score (nSPS) is 11.9. The van der Waals surface area contributed by atoms with Crippen molar-refractivity contribution >= 4 is 17.3 Å². The first-order valence-electron chi connectivity index (χ1n) is 5.36. The smallest absolute Gasteiger partial charge is 0.342 e. The van der Waals surface area contributed by atoms with E-state index in [0.29, 0.717) is 13.0 Å². The van der Waals surface area contributed by atoms with Crippen LogP contribution in [-0.2, 0) is 0 Å². The summed E-state index contributed by atoms with van der Waals surface area (Å²) in [6.45, 7) is 1.92. The predicted octanol–water partition coefficient (Wildman–Crippen LogP) is 1.48. The van der Waals surface area contributed by atoms with Crippen molar-refractivity contribution in [3.63, 3.8) is 0 Å². The van der Waals surface area contributed by atoms with Crippen molar-refractivity contribution < 1.29 is 19.9 Å². The summed E-state index contributed by atoms with van der Waals surface area (Å²) in [6, 6.07) is 4.05. The number of hydrogen-bond acceptors (Lipinski definition) is 5. The standard InChI is InChI=1S/C11H14N2O5/c1-7(14)5-6-12-9-4-2-3-8(11(15)16)10(9)13(17)18/h2-4,7,12,14H,5-6H2,1H3,(H,15,16). The molecule has 0 aliphatic rings. The molecule has 1 rings (SSSR count). The van der Waals surface area contributed by atoms with Crippen LogP contribution >= 0.6 is 0 Å². The number of nitrogens with zero attached hydrogens (tertiary/aromatic N) is 1. The van der Waals surface area contributed by atoms with Gasteiger partial charge in [-0.05, 0) is 25.5 Å². The summed E-state index contributed by atoms with van der Waals surface area (Å²) in [5.74, 6) is -1.35. The minimum Gasteiger partial charge on any atom is -0.477 e. The number of aliphatic hydroxyl groups is 1. The van der Waals surface area contributed by atoms with Crippen molar-refractivity contribution in [1.82, 2.24) is 0 Å². The molecule has 0 aliphatic carbocycles. The Morgan fingerprint density at radius 1 is 1.56 bits per heavy atom. The third-order valence-corrected chi connectivity index (χ3v) is 2.33. The van der Waals surface area contributed by atoms with E-state index < -0.39 is 22.7 Å². The van der Waals surface area contributed by atoms with Gasteiger partial charge in [-0.25, -0.2) is 4.79 Å². The zero-order valence-corrected chi connectivity index (χ0v) is 9.79. The monoisotopic (exact) mass is 254 g/mol. The van der Waals surface area contributed by atoms with Crippen LogP contribution in [0, 0.1) is 10.1 Å². The minimum atomic E-state index is -1.35. The number of aromatic carboxylic acids is 1. The summed E-state index contributed by atoms with van der Waals surface area (Å²) in [5, 5.41) is 31.6. The molecule has 3 N–H and O–H groups in total. The highest BCUT2D eigenvalue weighted by molar-refractivity contribution is 5.95. The van der Waals surface area contributed by atoms with Crippen LogP contribution in [0.15, 0.2) is 18.2 Å². The first-order valence-corrected chi connectivity index (χ1v) is 5.36. The number of carboxylic acid groups (broad SMARTS) is 1. The lowest BCUT2D eigenvalue weighted by Crippen LogP contribution is -2.12. The van der Waals surface area contributed by atoms with Gasteiger partial charge in [0.1, 0.15) is 11.3 Å². The van der Waals surface area contributed by atoms with Crippen LogP contribution in [0.5, 0.6) is 0 Å². The van der Waals surface area contributed by atoms with Crippen molar-refractivity contribution in [2.45, 2.75) is 19.4 Å². The van der Waals surface area contributed by atoms with E-state index in [4.69, 9.17) is 10.2 Å². The molecule has 0 saturated carbocycles. The molecular formula is C11H14N2O5. The Hall–Kier alpha value is -2.15. The largest absolute Gasteiger partial charge is 0.477 e. The fraction of sp³-hybridized carbons (Fsp3) is 0.364. The summed E-state index contributed by atoms with van der Waals surface area (Å²) in [4.78, 5) is 21.1. The first-order chi connectivity index (χ1) is 8.43. The van der Waals surface area contributed by atoms with Crippen LogP contribution < -0.4 is 5.32 Å². The Balaban J connectivity index is 3.00. The number of hydrogen-bond donors (Lipinski definition) is 3. The average molecular weight is 254 g/mol. The Morgan fingerprint density at radius 2 is 2.22 bits per heavy atom. The maximum atomic E-state index is 10.9. The summed E-state index contributed by atoms with van der Waals surface area (Å²) in [5.41, 5.74) is -0.682. The molecular weight excluding hydrogens is 240 g/mol. The number of anilines is 1. The fourth-order valence-corrected chi connectivity index (χ4v) is 1.47. The number of aliphatic hydroxyl groups excluding tert-OH is 1. The van der Waals surface area contributed by atoms with E-state index in [2.05, 4.69) is 5.32 Å². The quantitative estimate of drug-likeness (QED) is 0.523. The molecule has 0 radical (unpaired) electrons. The van der Waals surface area contributed by atoms with Crippen LogP contribution in [0.4, 0.5) is 11.4 Å². The number of carbonyl (C=O) groups is 1. The maximum Gasteiger partial charge on any atom is 0.342 e. The molecule has 7 heteroatoms. The first kappa shape index (κ1) is 13.9. The molecule has 0 amide bonds. The Kier molecular flexibility index (Phi) is 4.61. The second-order valence-electron chi connectivity index (χ2n) is 3.83. The van der Waals surface area contributed by atoms with Gasteiger partial charge in [0.15, 0.2) is 0 Å². The number of nitro groups is 1. The Morgan fingerprint density at radius 3 is 2.72 bits per heavy atom. The van der Waals surface area contributed by atoms with Crippen LogP contribution in [0.25, 0.3) is 0 Å². The molecule has 0 heterocycles. The Bertz CT molecular complexity index is 459. The predicted molar refractivity (Wildman–Crippen MR) is 64.8 cm³/mol. The molecule has 1 aromatic carbocycles. The van der Waals surface area contributed by atoms with E-state index in [-0.39, 0.29) is 11.3 Å². The number of para-hydroxylation sites is 1. The highest BCUT2D eigenvalue weighted by Crippen LogP contribution is 2.28. The van der Waals surface area contributed by atoms with Gasteiger partial charge in [-0.1, -0.05) is 6.07 Å². The van der Waals surface area contributed by atoms with E-state index in [9.17, 15) is 14.9 Å². The number of rotatable bonds is 6. The van der Waals surface area contributed by atoms with Gasteiger partial charge < -0.3 is 15.5 Å². The van der Waals surface area contributed by atoms with Crippen molar-refractivity contribution in [2.24, 2.45) is 0 Å². The summed E-state index contributed by atoms with van der Waals surface area (Å²) >= 11 is 0.